The zero-order chi connectivity index (χ0) is 13.1. The highest BCUT2D eigenvalue weighted by molar-refractivity contribution is 6.33. The second-order valence-electron chi connectivity index (χ2n) is 5.04. The van der Waals surface area contributed by atoms with Crippen molar-refractivity contribution in [1.82, 2.24) is 0 Å². The van der Waals surface area contributed by atoms with Gasteiger partial charge in [0.2, 0.25) is 0 Å². The van der Waals surface area contributed by atoms with Crippen molar-refractivity contribution in [2.24, 2.45) is 5.92 Å². The molecule has 3 nitrogen and oxygen atoms in total. The van der Waals surface area contributed by atoms with E-state index in [0.29, 0.717) is 22.2 Å². The number of ether oxygens (including phenoxy) is 1. The number of carbonyl (C=O) groups is 1. The van der Waals surface area contributed by atoms with E-state index in [1.165, 1.54) is 6.42 Å². The highest BCUT2D eigenvalue weighted by atomic mass is 35.5. The Morgan fingerprint density at radius 2 is 2.22 bits per heavy atom. The van der Waals surface area contributed by atoms with Crippen LogP contribution >= 0.6 is 11.6 Å². The van der Waals surface area contributed by atoms with Crippen molar-refractivity contribution in [2.75, 3.05) is 5.73 Å². The molecule has 2 rings (SSSR count). The SMILES string of the molecule is CC1CCCC(OC(=O)c2ccc(N)cc2Cl)C1. The van der Waals surface area contributed by atoms with Crippen LogP contribution in [0.4, 0.5) is 5.69 Å². The molecule has 0 amide bonds. The molecule has 0 aromatic heterocycles. The first kappa shape index (κ1) is 13.2. The summed E-state index contributed by atoms with van der Waals surface area (Å²) in [7, 11) is 0. The van der Waals surface area contributed by atoms with E-state index >= 15 is 0 Å². The second kappa shape index (κ2) is 5.61. The third-order valence-corrected chi connectivity index (χ3v) is 3.69. The van der Waals surface area contributed by atoms with Crippen LogP contribution in [0.2, 0.25) is 5.02 Å². The van der Waals surface area contributed by atoms with Crippen LogP contribution in [0.1, 0.15) is 43.0 Å². The first-order chi connectivity index (χ1) is 8.56. The van der Waals surface area contributed by atoms with E-state index in [2.05, 4.69) is 6.92 Å². The lowest BCUT2D eigenvalue weighted by Crippen LogP contribution is -2.24. The molecule has 1 aliphatic rings. The molecule has 1 aliphatic carbocycles. The van der Waals surface area contributed by atoms with Gasteiger partial charge in [-0.3, -0.25) is 0 Å². The average molecular weight is 268 g/mol. The fraction of sp³-hybridized carbons (Fsp3) is 0.500. The van der Waals surface area contributed by atoms with Gasteiger partial charge in [-0.05, 0) is 43.4 Å². The van der Waals surface area contributed by atoms with E-state index in [1.807, 2.05) is 0 Å². The normalized spacial score (nSPS) is 23.7. The summed E-state index contributed by atoms with van der Waals surface area (Å²) >= 11 is 5.99. The molecule has 0 heterocycles. The Labute approximate surface area is 112 Å². The van der Waals surface area contributed by atoms with Crippen LogP contribution < -0.4 is 5.73 Å². The number of nitrogen functional groups attached to an aromatic ring is 1. The summed E-state index contributed by atoms with van der Waals surface area (Å²) in [5, 5.41) is 0.351. The monoisotopic (exact) mass is 267 g/mol. The summed E-state index contributed by atoms with van der Waals surface area (Å²) in [4.78, 5) is 12.0. The van der Waals surface area contributed by atoms with E-state index in [9.17, 15) is 4.79 Å². The summed E-state index contributed by atoms with van der Waals surface area (Å²) in [6.45, 7) is 2.19. The van der Waals surface area contributed by atoms with Crippen LogP contribution in [-0.2, 0) is 4.74 Å². The first-order valence-electron chi connectivity index (χ1n) is 6.32. The topological polar surface area (TPSA) is 52.3 Å². The summed E-state index contributed by atoms with van der Waals surface area (Å²) < 4.78 is 5.50. The lowest BCUT2D eigenvalue weighted by Gasteiger charge is -2.26. The maximum absolute atomic E-state index is 12.0. The minimum Gasteiger partial charge on any atom is -0.459 e. The fourth-order valence-corrected chi connectivity index (χ4v) is 2.66. The van der Waals surface area contributed by atoms with Crippen LogP contribution in [0.25, 0.3) is 0 Å². The van der Waals surface area contributed by atoms with Crippen molar-refractivity contribution >= 4 is 23.3 Å². The minimum absolute atomic E-state index is 0.0230. The standard InChI is InChI=1S/C14H18ClNO2/c1-9-3-2-4-11(7-9)18-14(17)12-6-5-10(16)8-13(12)15/h5-6,8-9,11H,2-4,7,16H2,1H3. The van der Waals surface area contributed by atoms with Crippen LogP contribution in [0, 0.1) is 5.92 Å². The molecule has 2 unspecified atom stereocenters. The number of nitrogens with two attached hydrogens (primary N) is 1. The van der Waals surface area contributed by atoms with Crippen molar-refractivity contribution in [3.63, 3.8) is 0 Å². The molecule has 4 heteroatoms. The van der Waals surface area contributed by atoms with Gasteiger partial charge in [0.25, 0.3) is 0 Å². The first-order valence-corrected chi connectivity index (χ1v) is 6.70. The number of halogens is 1. The van der Waals surface area contributed by atoms with E-state index in [-0.39, 0.29) is 12.1 Å². The van der Waals surface area contributed by atoms with E-state index < -0.39 is 0 Å². The molecule has 0 aliphatic heterocycles. The molecular weight excluding hydrogens is 250 g/mol. The summed E-state index contributed by atoms with van der Waals surface area (Å²) in [5.41, 5.74) is 6.53. The zero-order valence-corrected chi connectivity index (χ0v) is 11.2. The van der Waals surface area contributed by atoms with Crippen molar-refractivity contribution < 1.29 is 9.53 Å². The van der Waals surface area contributed by atoms with Crippen molar-refractivity contribution in [3.05, 3.63) is 28.8 Å². The Morgan fingerprint density at radius 1 is 1.44 bits per heavy atom. The number of esters is 1. The molecule has 0 saturated heterocycles. The van der Waals surface area contributed by atoms with E-state index in [1.54, 1.807) is 18.2 Å². The summed E-state index contributed by atoms with van der Waals surface area (Å²) in [6.07, 6.45) is 4.25. The van der Waals surface area contributed by atoms with Gasteiger partial charge < -0.3 is 10.5 Å². The molecule has 2 N–H and O–H groups in total. The Balaban J connectivity index is 2.03. The number of hydrogen-bond donors (Lipinski definition) is 1. The Hall–Kier alpha value is -1.22. The molecule has 2 atom stereocenters. The maximum Gasteiger partial charge on any atom is 0.339 e. The molecule has 98 valence electrons. The largest absolute Gasteiger partial charge is 0.459 e. The highest BCUT2D eigenvalue weighted by Gasteiger charge is 2.23. The Kier molecular flexibility index (Phi) is 4.12. The van der Waals surface area contributed by atoms with E-state index in [4.69, 9.17) is 22.1 Å². The summed E-state index contributed by atoms with van der Waals surface area (Å²) in [6, 6.07) is 4.85. The predicted molar refractivity (Wildman–Crippen MR) is 72.7 cm³/mol. The third-order valence-electron chi connectivity index (χ3n) is 3.38. The van der Waals surface area contributed by atoms with Crippen LogP contribution in [0.15, 0.2) is 18.2 Å². The van der Waals surface area contributed by atoms with Gasteiger partial charge in [0, 0.05) is 5.69 Å². The third kappa shape index (κ3) is 3.16. The molecule has 1 aromatic rings. The number of carbonyl (C=O) groups excluding carboxylic acids is 1. The van der Waals surface area contributed by atoms with E-state index in [0.717, 1.165) is 19.3 Å². The van der Waals surface area contributed by atoms with Crippen LogP contribution in [0.3, 0.4) is 0 Å². The second-order valence-corrected chi connectivity index (χ2v) is 5.45. The Morgan fingerprint density at radius 3 is 2.89 bits per heavy atom. The molecule has 0 radical (unpaired) electrons. The molecule has 0 bridgehead atoms. The van der Waals surface area contributed by atoms with Crippen LogP contribution in [0.5, 0.6) is 0 Å². The fourth-order valence-electron chi connectivity index (χ4n) is 2.40. The van der Waals surface area contributed by atoms with Gasteiger partial charge in [-0.1, -0.05) is 24.9 Å². The lowest BCUT2D eigenvalue weighted by atomic mass is 9.89. The van der Waals surface area contributed by atoms with Crippen molar-refractivity contribution in [2.45, 2.75) is 38.7 Å². The number of anilines is 1. The van der Waals surface area contributed by atoms with Gasteiger partial charge in [-0.25, -0.2) is 4.79 Å². The minimum atomic E-state index is -0.348. The van der Waals surface area contributed by atoms with Crippen molar-refractivity contribution in [1.29, 1.82) is 0 Å². The predicted octanol–water partition coefficient (Wildman–Crippen LogP) is 3.66. The number of rotatable bonds is 2. The highest BCUT2D eigenvalue weighted by Crippen LogP contribution is 2.27. The van der Waals surface area contributed by atoms with Crippen molar-refractivity contribution in [3.8, 4) is 0 Å². The van der Waals surface area contributed by atoms with Gasteiger partial charge in [-0.2, -0.15) is 0 Å². The zero-order valence-electron chi connectivity index (χ0n) is 10.5. The van der Waals surface area contributed by atoms with Gasteiger partial charge >= 0.3 is 5.97 Å². The molecule has 18 heavy (non-hydrogen) atoms. The molecule has 1 saturated carbocycles. The molecule has 1 aromatic carbocycles. The van der Waals surface area contributed by atoms with Gasteiger partial charge in [0.1, 0.15) is 6.10 Å². The lowest BCUT2D eigenvalue weighted by molar-refractivity contribution is 0.0155. The smallest absolute Gasteiger partial charge is 0.339 e. The molecule has 0 spiro atoms. The van der Waals surface area contributed by atoms with Gasteiger partial charge in [0.05, 0.1) is 10.6 Å². The van der Waals surface area contributed by atoms with Gasteiger partial charge in [0.15, 0.2) is 0 Å². The van der Waals surface area contributed by atoms with Gasteiger partial charge in [-0.15, -0.1) is 0 Å². The quantitative estimate of drug-likeness (QED) is 0.657. The van der Waals surface area contributed by atoms with Crippen LogP contribution in [-0.4, -0.2) is 12.1 Å². The molecular formula is C14H18ClNO2. The average Bonchev–Trinajstić information content (AvgIpc) is 2.28. The molecule has 1 fully saturated rings. The maximum atomic E-state index is 12.0. The Bertz CT molecular complexity index is 447. The number of benzene rings is 1. The summed E-state index contributed by atoms with van der Waals surface area (Å²) in [5.74, 6) is 0.275. The number of hydrogen-bond acceptors (Lipinski definition) is 3.